The third-order valence-electron chi connectivity index (χ3n) is 4.24. The molecule has 0 saturated heterocycles. The molecule has 1 aromatic carbocycles. The number of fused-ring (bicyclic) bond motifs is 1. The number of carboxylic acid groups (broad SMARTS) is 1. The highest BCUT2D eigenvalue weighted by atomic mass is 16.4. The fourth-order valence-electron chi connectivity index (χ4n) is 2.93. The second-order valence-electron chi connectivity index (χ2n) is 6.62. The van der Waals surface area contributed by atoms with Crippen LogP contribution in [0.5, 0.6) is 0 Å². The van der Waals surface area contributed by atoms with E-state index in [1.807, 2.05) is 51.1 Å². The first kappa shape index (κ1) is 18.5. The van der Waals surface area contributed by atoms with Crippen molar-refractivity contribution in [2.24, 2.45) is 5.92 Å². The number of nitrogens with one attached hydrogen (secondary N) is 1. The van der Waals surface area contributed by atoms with Crippen molar-refractivity contribution in [2.75, 3.05) is 6.54 Å². The maximum Gasteiger partial charge on any atom is 0.308 e. The van der Waals surface area contributed by atoms with Gasteiger partial charge < -0.3 is 10.4 Å². The van der Waals surface area contributed by atoms with Crippen LogP contribution < -0.4 is 5.32 Å². The molecule has 0 fully saturated rings. The molecule has 2 N–H and O–H groups in total. The van der Waals surface area contributed by atoms with E-state index >= 15 is 0 Å². The van der Waals surface area contributed by atoms with E-state index in [-0.39, 0.29) is 12.4 Å². The van der Waals surface area contributed by atoms with E-state index in [0.717, 1.165) is 22.5 Å². The van der Waals surface area contributed by atoms with E-state index in [1.165, 1.54) is 4.52 Å². The van der Waals surface area contributed by atoms with Crippen LogP contribution in [0.25, 0.3) is 5.78 Å². The zero-order valence-corrected chi connectivity index (χ0v) is 15.4. The summed E-state index contributed by atoms with van der Waals surface area (Å²) < 4.78 is 1.49. The Kier molecular flexibility index (Phi) is 5.16. The van der Waals surface area contributed by atoms with Crippen LogP contribution >= 0.6 is 0 Å². The summed E-state index contributed by atoms with van der Waals surface area (Å²) in [6.45, 7) is 5.63. The lowest BCUT2D eigenvalue weighted by molar-refractivity contribution is -0.141. The van der Waals surface area contributed by atoms with Crippen molar-refractivity contribution >= 4 is 17.7 Å². The third kappa shape index (κ3) is 4.28. The molecule has 0 spiro atoms. The number of hydrogen-bond donors (Lipinski definition) is 2. The Morgan fingerprint density at radius 3 is 2.67 bits per heavy atom. The zero-order chi connectivity index (χ0) is 19.6. The highest BCUT2D eigenvalue weighted by Crippen LogP contribution is 2.11. The van der Waals surface area contributed by atoms with Crippen molar-refractivity contribution in [3.63, 3.8) is 0 Å². The van der Waals surface area contributed by atoms with Gasteiger partial charge in [0.1, 0.15) is 0 Å². The molecule has 0 aliphatic heterocycles. The second kappa shape index (κ2) is 7.53. The van der Waals surface area contributed by atoms with Gasteiger partial charge >= 0.3 is 5.97 Å². The van der Waals surface area contributed by atoms with Crippen LogP contribution in [-0.2, 0) is 11.2 Å². The number of carbonyl (C=O) groups excluding carboxylic acids is 1. The smallest absolute Gasteiger partial charge is 0.308 e. The molecule has 2 heterocycles. The molecule has 27 heavy (non-hydrogen) atoms. The van der Waals surface area contributed by atoms with Gasteiger partial charge in [-0.15, -0.1) is 5.10 Å². The van der Waals surface area contributed by atoms with Crippen LogP contribution in [0.1, 0.15) is 33.1 Å². The van der Waals surface area contributed by atoms with Crippen molar-refractivity contribution in [1.82, 2.24) is 24.9 Å². The molecule has 0 radical (unpaired) electrons. The molecule has 2 aromatic heterocycles. The van der Waals surface area contributed by atoms with E-state index < -0.39 is 17.8 Å². The van der Waals surface area contributed by atoms with Gasteiger partial charge in [0.15, 0.2) is 0 Å². The lowest BCUT2D eigenvalue weighted by atomic mass is 9.98. The highest BCUT2D eigenvalue weighted by Gasteiger charge is 2.21. The fourth-order valence-corrected chi connectivity index (χ4v) is 2.93. The van der Waals surface area contributed by atoms with E-state index in [1.54, 1.807) is 0 Å². The minimum Gasteiger partial charge on any atom is -0.481 e. The number of aryl methyl sites for hydroxylation is 3. The first-order valence-electron chi connectivity index (χ1n) is 8.61. The molecule has 140 valence electrons. The summed E-state index contributed by atoms with van der Waals surface area (Å²) in [5.41, 5.74) is 3.57. The van der Waals surface area contributed by atoms with Crippen molar-refractivity contribution in [3.8, 4) is 0 Å². The number of aromatic nitrogens is 4. The molecule has 1 amide bonds. The number of amides is 1. The van der Waals surface area contributed by atoms with Crippen LogP contribution in [0, 0.1) is 26.7 Å². The minimum atomic E-state index is -0.965. The second-order valence-corrected chi connectivity index (χ2v) is 6.62. The number of nitrogens with zero attached hydrogens (tertiary/aromatic N) is 4. The average Bonchev–Trinajstić information content (AvgIpc) is 3.02. The van der Waals surface area contributed by atoms with Gasteiger partial charge in [-0.3, -0.25) is 9.59 Å². The van der Waals surface area contributed by atoms with Gasteiger partial charge in [-0.2, -0.15) is 4.98 Å². The predicted octanol–water partition coefficient (Wildman–Crippen LogP) is 1.72. The lowest BCUT2D eigenvalue weighted by Gasteiger charge is -2.13. The van der Waals surface area contributed by atoms with Crippen LogP contribution in [0.4, 0.5) is 0 Å². The summed E-state index contributed by atoms with van der Waals surface area (Å²) in [5.74, 6) is -1.92. The Balaban J connectivity index is 1.71. The normalized spacial score (nSPS) is 12.1. The van der Waals surface area contributed by atoms with Crippen LogP contribution in [0.2, 0.25) is 0 Å². The van der Waals surface area contributed by atoms with E-state index in [9.17, 15) is 14.7 Å². The molecule has 1 unspecified atom stereocenters. The molecular weight excluding hydrogens is 346 g/mol. The maximum absolute atomic E-state index is 12.4. The fraction of sp³-hybridized carbons (Fsp3) is 0.316. The Bertz CT molecular complexity index is 1010. The number of benzene rings is 1. The van der Waals surface area contributed by atoms with Crippen molar-refractivity contribution in [3.05, 3.63) is 58.7 Å². The zero-order valence-electron chi connectivity index (χ0n) is 15.4. The quantitative estimate of drug-likeness (QED) is 0.687. The Hall–Kier alpha value is -3.29. The van der Waals surface area contributed by atoms with Gasteiger partial charge in [-0.25, -0.2) is 9.50 Å². The number of hydrogen-bond acceptors (Lipinski definition) is 5. The van der Waals surface area contributed by atoms with Gasteiger partial charge in [-0.1, -0.05) is 29.8 Å². The summed E-state index contributed by atoms with van der Waals surface area (Å²) >= 11 is 0. The highest BCUT2D eigenvalue weighted by molar-refractivity contribution is 5.91. The van der Waals surface area contributed by atoms with Gasteiger partial charge in [0, 0.05) is 17.9 Å². The van der Waals surface area contributed by atoms with E-state index in [0.29, 0.717) is 12.2 Å². The summed E-state index contributed by atoms with van der Waals surface area (Å²) in [4.78, 5) is 32.3. The van der Waals surface area contributed by atoms with E-state index in [4.69, 9.17) is 0 Å². The van der Waals surface area contributed by atoms with E-state index in [2.05, 4.69) is 20.4 Å². The molecule has 1 atom stereocenters. The minimum absolute atomic E-state index is 0.0108. The maximum atomic E-state index is 12.4. The largest absolute Gasteiger partial charge is 0.481 e. The SMILES string of the molecule is Cc1cccc(CC(CNC(=O)c2nc3nc(C)cc(C)n3n2)C(=O)O)c1. The van der Waals surface area contributed by atoms with Crippen molar-refractivity contribution in [1.29, 1.82) is 0 Å². The standard InChI is InChI=1S/C19H21N5O3/c1-11-5-4-6-14(7-11)9-15(18(26)27)10-20-17(25)16-22-19-21-12(2)8-13(3)24(19)23-16/h4-8,15H,9-10H2,1-3H3,(H,20,25)(H,26,27). The summed E-state index contributed by atoms with van der Waals surface area (Å²) in [5, 5.41) is 16.3. The molecule has 0 aliphatic rings. The van der Waals surface area contributed by atoms with Crippen LogP contribution in [0.15, 0.2) is 30.3 Å². The number of carboxylic acids is 1. The van der Waals surface area contributed by atoms with Crippen molar-refractivity contribution in [2.45, 2.75) is 27.2 Å². The Morgan fingerprint density at radius 1 is 1.19 bits per heavy atom. The van der Waals surface area contributed by atoms with Gasteiger partial charge in [0.2, 0.25) is 5.82 Å². The molecule has 3 rings (SSSR count). The van der Waals surface area contributed by atoms with Gasteiger partial charge in [0.05, 0.1) is 5.92 Å². The number of rotatable bonds is 6. The molecule has 8 heteroatoms. The molecule has 3 aromatic rings. The predicted molar refractivity (Wildman–Crippen MR) is 98.6 cm³/mol. The number of aliphatic carboxylic acids is 1. The summed E-state index contributed by atoms with van der Waals surface area (Å²) in [6.07, 6.45) is 0.329. The van der Waals surface area contributed by atoms with Crippen LogP contribution in [-0.4, -0.2) is 43.1 Å². The molecule has 0 saturated carbocycles. The first-order valence-corrected chi connectivity index (χ1v) is 8.61. The van der Waals surface area contributed by atoms with Gasteiger partial charge in [0.25, 0.3) is 11.7 Å². The molecule has 0 bridgehead atoms. The van der Waals surface area contributed by atoms with Crippen LogP contribution in [0.3, 0.4) is 0 Å². The third-order valence-corrected chi connectivity index (χ3v) is 4.24. The monoisotopic (exact) mass is 367 g/mol. The molecular formula is C19H21N5O3. The average molecular weight is 367 g/mol. The summed E-state index contributed by atoms with van der Waals surface area (Å²) in [7, 11) is 0. The summed E-state index contributed by atoms with van der Waals surface area (Å²) in [6, 6.07) is 9.50. The lowest BCUT2D eigenvalue weighted by Crippen LogP contribution is -2.34. The molecule has 0 aliphatic carbocycles. The van der Waals surface area contributed by atoms with Gasteiger partial charge in [-0.05, 0) is 38.8 Å². The molecule has 8 nitrogen and oxygen atoms in total. The Labute approximate surface area is 156 Å². The topological polar surface area (TPSA) is 109 Å². The Morgan fingerprint density at radius 2 is 1.96 bits per heavy atom. The van der Waals surface area contributed by atoms with Crippen molar-refractivity contribution < 1.29 is 14.7 Å². The first-order chi connectivity index (χ1) is 12.8. The number of carbonyl (C=O) groups is 2.